The normalized spacial score (nSPS) is 29.8. The molecular weight excluding hydrogens is 236 g/mol. The van der Waals surface area contributed by atoms with Gasteiger partial charge in [0.1, 0.15) is 0 Å². The Bertz CT molecular complexity index is 239. The van der Waals surface area contributed by atoms with Gasteiger partial charge >= 0.3 is 0 Å². The van der Waals surface area contributed by atoms with E-state index in [0.717, 1.165) is 12.5 Å². The quantitative estimate of drug-likeness (QED) is 0.801. The Morgan fingerprint density at radius 1 is 1.32 bits per heavy atom. The van der Waals surface area contributed by atoms with Gasteiger partial charge in [0.2, 0.25) is 0 Å². The second-order valence-electron chi connectivity index (χ2n) is 6.71. The average Bonchev–Trinajstić information content (AvgIpc) is 2.77. The van der Waals surface area contributed by atoms with E-state index in [9.17, 15) is 0 Å². The molecule has 0 aromatic carbocycles. The van der Waals surface area contributed by atoms with Crippen LogP contribution in [-0.4, -0.2) is 49.8 Å². The molecule has 2 heterocycles. The fourth-order valence-electron chi connectivity index (χ4n) is 3.42. The third-order valence-electron chi connectivity index (χ3n) is 4.34. The monoisotopic (exact) mass is 268 g/mol. The van der Waals surface area contributed by atoms with Crippen molar-refractivity contribution >= 4 is 0 Å². The number of rotatable bonds is 6. The molecule has 2 rings (SSSR count). The van der Waals surface area contributed by atoms with Crippen LogP contribution in [0.5, 0.6) is 0 Å². The van der Waals surface area contributed by atoms with Gasteiger partial charge in [0.15, 0.2) is 0 Å². The minimum absolute atomic E-state index is 0.566. The van der Waals surface area contributed by atoms with Gasteiger partial charge < -0.3 is 15.0 Å². The first-order valence-corrected chi connectivity index (χ1v) is 8.31. The summed E-state index contributed by atoms with van der Waals surface area (Å²) < 4.78 is 5.71. The first-order chi connectivity index (χ1) is 9.24. The standard InChI is InChI=1S/C16H32N2O/c1-14(2)12-15-13-18(10-5-8-17-15)9-3-6-16-7-4-11-19-16/h14-17H,3-13H2,1-2H3. The van der Waals surface area contributed by atoms with Crippen LogP contribution in [0.2, 0.25) is 0 Å². The highest BCUT2D eigenvalue weighted by atomic mass is 16.5. The zero-order chi connectivity index (χ0) is 13.5. The van der Waals surface area contributed by atoms with Gasteiger partial charge in [0.25, 0.3) is 0 Å². The molecule has 0 aromatic heterocycles. The van der Waals surface area contributed by atoms with E-state index >= 15 is 0 Å². The third-order valence-corrected chi connectivity index (χ3v) is 4.34. The number of nitrogens with zero attached hydrogens (tertiary/aromatic N) is 1. The summed E-state index contributed by atoms with van der Waals surface area (Å²) in [6, 6.07) is 0.699. The van der Waals surface area contributed by atoms with Crippen LogP contribution in [0.15, 0.2) is 0 Å². The average molecular weight is 268 g/mol. The highest BCUT2D eigenvalue weighted by molar-refractivity contribution is 4.78. The highest BCUT2D eigenvalue weighted by Gasteiger charge is 2.19. The van der Waals surface area contributed by atoms with Crippen LogP contribution in [0.4, 0.5) is 0 Å². The van der Waals surface area contributed by atoms with E-state index in [1.54, 1.807) is 0 Å². The molecule has 3 heteroatoms. The van der Waals surface area contributed by atoms with Crippen molar-refractivity contribution < 1.29 is 4.74 Å². The summed E-state index contributed by atoms with van der Waals surface area (Å²) in [7, 11) is 0. The zero-order valence-electron chi connectivity index (χ0n) is 12.9. The van der Waals surface area contributed by atoms with E-state index in [0.29, 0.717) is 12.1 Å². The van der Waals surface area contributed by atoms with Crippen molar-refractivity contribution in [2.24, 2.45) is 5.92 Å². The van der Waals surface area contributed by atoms with Gasteiger partial charge in [0, 0.05) is 19.2 Å². The first-order valence-electron chi connectivity index (χ1n) is 8.31. The van der Waals surface area contributed by atoms with Crippen LogP contribution in [-0.2, 0) is 4.74 Å². The van der Waals surface area contributed by atoms with Crippen molar-refractivity contribution in [3.05, 3.63) is 0 Å². The molecule has 2 unspecified atom stereocenters. The second-order valence-corrected chi connectivity index (χ2v) is 6.71. The molecule has 0 spiro atoms. The van der Waals surface area contributed by atoms with Gasteiger partial charge in [-0.15, -0.1) is 0 Å². The molecule has 0 bridgehead atoms. The minimum atomic E-state index is 0.566. The van der Waals surface area contributed by atoms with E-state index in [1.807, 2.05) is 0 Å². The van der Waals surface area contributed by atoms with Crippen molar-refractivity contribution in [2.45, 2.75) is 64.5 Å². The van der Waals surface area contributed by atoms with Crippen molar-refractivity contribution in [1.29, 1.82) is 0 Å². The summed E-state index contributed by atoms with van der Waals surface area (Å²) in [6.07, 6.45) is 8.30. The molecule has 19 heavy (non-hydrogen) atoms. The lowest BCUT2D eigenvalue weighted by molar-refractivity contribution is 0.0985. The largest absolute Gasteiger partial charge is 0.378 e. The Morgan fingerprint density at radius 3 is 2.95 bits per heavy atom. The van der Waals surface area contributed by atoms with Gasteiger partial charge in [-0.25, -0.2) is 0 Å². The second kappa shape index (κ2) is 8.23. The molecule has 0 aliphatic carbocycles. The van der Waals surface area contributed by atoms with Crippen LogP contribution >= 0.6 is 0 Å². The molecule has 2 fully saturated rings. The van der Waals surface area contributed by atoms with Crippen molar-refractivity contribution in [3.63, 3.8) is 0 Å². The van der Waals surface area contributed by atoms with E-state index in [4.69, 9.17) is 4.74 Å². The van der Waals surface area contributed by atoms with Crippen LogP contribution in [0.25, 0.3) is 0 Å². The molecule has 0 saturated carbocycles. The van der Waals surface area contributed by atoms with Crippen molar-refractivity contribution in [1.82, 2.24) is 10.2 Å². The molecular formula is C16H32N2O. The van der Waals surface area contributed by atoms with E-state index in [2.05, 4.69) is 24.1 Å². The van der Waals surface area contributed by atoms with Gasteiger partial charge in [-0.05, 0) is 64.1 Å². The molecule has 0 aromatic rings. The lowest BCUT2D eigenvalue weighted by Crippen LogP contribution is -2.39. The summed E-state index contributed by atoms with van der Waals surface area (Å²) in [4.78, 5) is 2.67. The maximum atomic E-state index is 5.71. The summed E-state index contributed by atoms with van der Waals surface area (Å²) >= 11 is 0. The lowest BCUT2D eigenvalue weighted by Gasteiger charge is -2.25. The maximum absolute atomic E-state index is 5.71. The van der Waals surface area contributed by atoms with Crippen LogP contribution in [0.3, 0.4) is 0 Å². The Balaban J connectivity index is 1.65. The topological polar surface area (TPSA) is 24.5 Å². The molecule has 0 amide bonds. The third kappa shape index (κ3) is 5.80. The van der Waals surface area contributed by atoms with Crippen molar-refractivity contribution in [3.8, 4) is 0 Å². The predicted octanol–water partition coefficient (Wildman–Crippen LogP) is 2.66. The van der Waals surface area contributed by atoms with Crippen LogP contribution in [0, 0.1) is 5.92 Å². The predicted molar refractivity (Wildman–Crippen MR) is 80.5 cm³/mol. The van der Waals surface area contributed by atoms with E-state index in [-0.39, 0.29) is 0 Å². The number of ether oxygens (including phenoxy) is 1. The molecule has 112 valence electrons. The maximum Gasteiger partial charge on any atom is 0.0576 e. The summed E-state index contributed by atoms with van der Waals surface area (Å²) in [5, 5.41) is 3.71. The molecule has 3 nitrogen and oxygen atoms in total. The molecule has 2 aliphatic heterocycles. The molecule has 0 radical (unpaired) electrons. The Hall–Kier alpha value is -0.120. The first kappa shape index (κ1) is 15.3. The molecule has 1 N–H and O–H groups in total. The summed E-state index contributed by atoms with van der Waals surface area (Å²) in [5.74, 6) is 0.796. The fraction of sp³-hybridized carbons (Fsp3) is 1.00. The van der Waals surface area contributed by atoms with Crippen molar-refractivity contribution in [2.75, 3.05) is 32.8 Å². The molecule has 2 saturated heterocycles. The number of nitrogens with one attached hydrogen (secondary N) is 1. The van der Waals surface area contributed by atoms with E-state index < -0.39 is 0 Å². The SMILES string of the molecule is CC(C)CC1CN(CCCC2CCCO2)CCCN1. The smallest absolute Gasteiger partial charge is 0.0576 e. The Morgan fingerprint density at radius 2 is 2.21 bits per heavy atom. The van der Waals surface area contributed by atoms with Gasteiger partial charge in [-0.1, -0.05) is 13.8 Å². The summed E-state index contributed by atoms with van der Waals surface area (Å²) in [5.41, 5.74) is 0. The summed E-state index contributed by atoms with van der Waals surface area (Å²) in [6.45, 7) is 10.6. The number of hydrogen-bond donors (Lipinski definition) is 1. The van der Waals surface area contributed by atoms with Crippen LogP contribution in [0.1, 0.15) is 52.4 Å². The highest BCUT2D eigenvalue weighted by Crippen LogP contribution is 2.17. The van der Waals surface area contributed by atoms with Gasteiger partial charge in [-0.2, -0.15) is 0 Å². The molecule has 2 aliphatic rings. The lowest BCUT2D eigenvalue weighted by atomic mass is 10.0. The zero-order valence-corrected chi connectivity index (χ0v) is 12.9. The van der Waals surface area contributed by atoms with Gasteiger partial charge in [-0.3, -0.25) is 0 Å². The Labute approximate surface area is 119 Å². The minimum Gasteiger partial charge on any atom is -0.378 e. The molecule has 2 atom stereocenters. The van der Waals surface area contributed by atoms with Gasteiger partial charge in [0.05, 0.1) is 6.10 Å². The van der Waals surface area contributed by atoms with E-state index in [1.165, 1.54) is 64.7 Å². The number of hydrogen-bond acceptors (Lipinski definition) is 3. The fourth-order valence-corrected chi connectivity index (χ4v) is 3.42. The Kier molecular flexibility index (Phi) is 6.62. The van der Waals surface area contributed by atoms with Crippen LogP contribution < -0.4 is 5.32 Å².